The molecule has 1 heterocycles. The van der Waals surface area contributed by atoms with Gasteiger partial charge in [-0.3, -0.25) is 9.78 Å². The Bertz CT molecular complexity index is 616. The van der Waals surface area contributed by atoms with Gasteiger partial charge >= 0.3 is 0 Å². The first-order chi connectivity index (χ1) is 9.61. The minimum absolute atomic E-state index is 0.148. The number of benzene rings is 1. The average Bonchev–Trinajstić information content (AvgIpc) is 2.48. The van der Waals surface area contributed by atoms with Crippen LogP contribution in [-0.2, 0) is 6.54 Å². The van der Waals surface area contributed by atoms with E-state index in [9.17, 15) is 4.79 Å². The first-order valence-electron chi connectivity index (χ1n) is 6.06. The highest BCUT2D eigenvalue weighted by Gasteiger charge is 2.10. The van der Waals surface area contributed by atoms with Gasteiger partial charge in [-0.25, -0.2) is 4.98 Å². The largest absolute Gasteiger partial charge is 0.496 e. The number of para-hydroxylation sites is 1. The molecule has 0 atom stereocenters. The average molecular weight is 272 g/mol. The van der Waals surface area contributed by atoms with Crippen LogP contribution in [-0.4, -0.2) is 30.0 Å². The molecule has 0 aliphatic rings. The Labute approximate surface area is 117 Å². The second kappa shape index (κ2) is 6.01. The number of amides is 1. The van der Waals surface area contributed by atoms with Gasteiger partial charge in [0.05, 0.1) is 19.5 Å². The highest BCUT2D eigenvalue weighted by molar-refractivity contribution is 5.90. The van der Waals surface area contributed by atoms with Gasteiger partial charge in [-0.1, -0.05) is 18.2 Å². The Morgan fingerprint density at radius 1 is 1.35 bits per heavy atom. The third-order valence-corrected chi connectivity index (χ3v) is 2.87. The van der Waals surface area contributed by atoms with Crippen molar-refractivity contribution in [3.8, 4) is 5.75 Å². The third kappa shape index (κ3) is 3.03. The van der Waals surface area contributed by atoms with E-state index in [-0.39, 0.29) is 5.69 Å². The van der Waals surface area contributed by atoms with Crippen LogP contribution in [0.4, 0.5) is 5.82 Å². The van der Waals surface area contributed by atoms with Gasteiger partial charge in [-0.15, -0.1) is 0 Å². The van der Waals surface area contributed by atoms with Gasteiger partial charge in [0.2, 0.25) is 0 Å². The van der Waals surface area contributed by atoms with Crippen molar-refractivity contribution >= 4 is 11.7 Å². The lowest BCUT2D eigenvalue weighted by molar-refractivity contribution is 0.0995. The van der Waals surface area contributed by atoms with E-state index in [4.69, 9.17) is 10.5 Å². The van der Waals surface area contributed by atoms with Crippen LogP contribution in [0.1, 0.15) is 16.1 Å². The smallest absolute Gasteiger partial charge is 0.268 e. The van der Waals surface area contributed by atoms with E-state index < -0.39 is 5.91 Å². The summed E-state index contributed by atoms with van der Waals surface area (Å²) < 4.78 is 5.31. The molecule has 6 heteroatoms. The molecule has 0 saturated heterocycles. The van der Waals surface area contributed by atoms with E-state index in [1.54, 1.807) is 13.3 Å². The molecule has 0 spiro atoms. The number of nitrogens with zero attached hydrogens (tertiary/aromatic N) is 3. The molecule has 0 radical (unpaired) electrons. The number of carbonyl (C=O) groups excluding carboxylic acids is 1. The predicted molar refractivity (Wildman–Crippen MR) is 75.7 cm³/mol. The van der Waals surface area contributed by atoms with Crippen molar-refractivity contribution in [2.75, 3.05) is 19.1 Å². The van der Waals surface area contributed by atoms with E-state index in [1.165, 1.54) is 6.20 Å². The topological polar surface area (TPSA) is 81.3 Å². The Kier molecular flexibility index (Phi) is 4.14. The summed E-state index contributed by atoms with van der Waals surface area (Å²) in [4.78, 5) is 21.1. The molecule has 20 heavy (non-hydrogen) atoms. The van der Waals surface area contributed by atoms with E-state index in [0.717, 1.165) is 11.3 Å². The normalized spacial score (nSPS) is 10.1. The fourth-order valence-corrected chi connectivity index (χ4v) is 1.83. The van der Waals surface area contributed by atoms with Crippen molar-refractivity contribution in [1.29, 1.82) is 0 Å². The van der Waals surface area contributed by atoms with Crippen molar-refractivity contribution in [3.63, 3.8) is 0 Å². The SMILES string of the molecule is COc1ccccc1CN(C)c1cncc(C(N)=O)n1. The molecule has 1 aromatic carbocycles. The lowest BCUT2D eigenvalue weighted by Gasteiger charge is -2.19. The summed E-state index contributed by atoms with van der Waals surface area (Å²) in [6, 6.07) is 7.72. The Morgan fingerprint density at radius 3 is 2.80 bits per heavy atom. The lowest BCUT2D eigenvalue weighted by atomic mass is 10.2. The molecule has 0 bridgehead atoms. The van der Waals surface area contributed by atoms with Gasteiger partial charge in [0.1, 0.15) is 17.3 Å². The van der Waals surface area contributed by atoms with E-state index >= 15 is 0 Å². The molecule has 1 aromatic heterocycles. The molecule has 104 valence electrons. The molecule has 1 amide bonds. The molecule has 2 N–H and O–H groups in total. The van der Waals surface area contributed by atoms with Crippen molar-refractivity contribution < 1.29 is 9.53 Å². The minimum atomic E-state index is -0.593. The van der Waals surface area contributed by atoms with Crippen LogP contribution in [0.25, 0.3) is 0 Å². The number of primary amides is 1. The van der Waals surface area contributed by atoms with Crippen molar-refractivity contribution in [3.05, 3.63) is 47.9 Å². The molecule has 6 nitrogen and oxygen atoms in total. The first-order valence-corrected chi connectivity index (χ1v) is 6.06. The van der Waals surface area contributed by atoms with Crippen LogP contribution >= 0.6 is 0 Å². The van der Waals surface area contributed by atoms with Crippen molar-refractivity contribution in [1.82, 2.24) is 9.97 Å². The molecule has 0 saturated carbocycles. The van der Waals surface area contributed by atoms with Crippen molar-refractivity contribution in [2.45, 2.75) is 6.54 Å². The number of rotatable bonds is 5. The third-order valence-electron chi connectivity index (χ3n) is 2.87. The lowest BCUT2D eigenvalue weighted by Crippen LogP contribution is -2.21. The highest BCUT2D eigenvalue weighted by atomic mass is 16.5. The van der Waals surface area contributed by atoms with E-state index in [0.29, 0.717) is 12.4 Å². The summed E-state index contributed by atoms with van der Waals surface area (Å²) in [6.45, 7) is 0.584. The van der Waals surface area contributed by atoms with Gasteiger partial charge in [0.25, 0.3) is 5.91 Å². The van der Waals surface area contributed by atoms with Crippen LogP contribution in [0.15, 0.2) is 36.7 Å². The Balaban J connectivity index is 2.21. The number of hydrogen-bond acceptors (Lipinski definition) is 5. The maximum Gasteiger partial charge on any atom is 0.268 e. The maximum atomic E-state index is 11.1. The van der Waals surface area contributed by atoms with Crippen LogP contribution in [0.2, 0.25) is 0 Å². The second-order valence-corrected chi connectivity index (χ2v) is 4.29. The zero-order valence-corrected chi connectivity index (χ0v) is 11.4. The number of nitrogens with two attached hydrogens (primary N) is 1. The number of anilines is 1. The number of ether oxygens (including phenoxy) is 1. The molecule has 0 unspecified atom stereocenters. The quantitative estimate of drug-likeness (QED) is 0.885. The number of aromatic nitrogens is 2. The molecule has 0 aliphatic heterocycles. The highest BCUT2D eigenvalue weighted by Crippen LogP contribution is 2.20. The van der Waals surface area contributed by atoms with Gasteiger partial charge in [0.15, 0.2) is 0 Å². The zero-order valence-electron chi connectivity index (χ0n) is 11.4. The predicted octanol–water partition coefficient (Wildman–Crippen LogP) is 1.22. The van der Waals surface area contributed by atoms with Crippen LogP contribution in [0, 0.1) is 0 Å². The first kappa shape index (κ1) is 13.8. The Morgan fingerprint density at radius 2 is 2.10 bits per heavy atom. The van der Waals surface area contributed by atoms with E-state index in [1.807, 2.05) is 36.2 Å². The summed E-state index contributed by atoms with van der Waals surface area (Å²) in [5, 5.41) is 0. The molecule has 2 aromatic rings. The summed E-state index contributed by atoms with van der Waals surface area (Å²) in [5.41, 5.74) is 6.37. The molecule has 2 rings (SSSR count). The molecular formula is C14H16N4O2. The summed E-state index contributed by atoms with van der Waals surface area (Å²) in [5.74, 6) is 0.788. The minimum Gasteiger partial charge on any atom is -0.496 e. The standard InChI is InChI=1S/C14H16N4O2/c1-18(9-10-5-3-4-6-12(10)20-2)13-8-16-7-11(17-13)14(15)19/h3-8H,9H2,1-2H3,(H2,15,19). The maximum absolute atomic E-state index is 11.1. The molecular weight excluding hydrogens is 256 g/mol. The fraction of sp³-hybridized carbons (Fsp3) is 0.214. The van der Waals surface area contributed by atoms with Crippen LogP contribution in [0.5, 0.6) is 5.75 Å². The summed E-state index contributed by atoms with van der Waals surface area (Å²) in [7, 11) is 3.49. The second-order valence-electron chi connectivity index (χ2n) is 4.29. The van der Waals surface area contributed by atoms with Crippen LogP contribution < -0.4 is 15.4 Å². The van der Waals surface area contributed by atoms with E-state index in [2.05, 4.69) is 9.97 Å². The van der Waals surface area contributed by atoms with Gasteiger partial charge in [-0.05, 0) is 6.07 Å². The monoisotopic (exact) mass is 272 g/mol. The number of hydrogen-bond donors (Lipinski definition) is 1. The molecule has 0 aliphatic carbocycles. The van der Waals surface area contributed by atoms with Crippen molar-refractivity contribution in [2.24, 2.45) is 5.73 Å². The van der Waals surface area contributed by atoms with Gasteiger partial charge < -0.3 is 15.4 Å². The Hall–Kier alpha value is -2.63. The number of carbonyl (C=O) groups is 1. The van der Waals surface area contributed by atoms with Gasteiger partial charge in [0, 0.05) is 19.2 Å². The molecule has 0 fully saturated rings. The van der Waals surface area contributed by atoms with Crippen LogP contribution in [0.3, 0.4) is 0 Å². The number of methoxy groups -OCH3 is 1. The van der Waals surface area contributed by atoms with Gasteiger partial charge in [-0.2, -0.15) is 0 Å². The summed E-state index contributed by atoms with van der Waals surface area (Å²) in [6.07, 6.45) is 2.94. The summed E-state index contributed by atoms with van der Waals surface area (Å²) >= 11 is 0. The fourth-order valence-electron chi connectivity index (χ4n) is 1.83. The zero-order chi connectivity index (χ0) is 14.5.